The molecule has 7 heteroatoms. The average molecular weight is 460 g/mol. The molecule has 1 amide bonds. The summed E-state index contributed by atoms with van der Waals surface area (Å²) in [6.07, 6.45) is 4.74. The van der Waals surface area contributed by atoms with Crippen LogP contribution in [0.3, 0.4) is 0 Å². The summed E-state index contributed by atoms with van der Waals surface area (Å²) in [7, 11) is 1.37. The van der Waals surface area contributed by atoms with Gasteiger partial charge in [0, 0.05) is 36.9 Å². The van der Waals surface area contributed by atoms with Gasteiger partial charge in [0.1, 0.15) is 10.7 Å². The maximum atomic E-state index is 13.4. The Morgan fingerprint density at radius 2 is 1.85 bits per heavy atom. The Kier molecular flexibility index (Phi) is 8.40. The zero-order chi connectivity index (χ0) is 20.1. The molecule has 1 aliphatic carbocycles. The number of rotatable bonds is 7. The molecule has 0 radical (unpaired) electrons. The molecule has 27 heavy (non-hydrogen) atoms. The highest BCUT2D eigenvalue weighted by atomic mass is 79.9. The molecular weight excluding hydrogens is 430 g/mol. The number of Topliss-reactive ketones (excluding diaryl/α,β-unsaturated/α-hetero) is 1. The lowest BCUT2D eigenvalue weighted by molar-refractivity contribution is -0.138. The van der Waals surface area contributed by atoms with E-state index >= 15 is 0 Å². The quantitative estimate of drug-likeness (QED) is 0.409. The van der Waals surface area contributed by atoms with Gasteiger partial charge in [0.05, 0.1) is 11.3 Å². The number of alkyl halides is 1. The molecular formula is C20H30BrNO4S. The Morgan fingerprint density at radius 3 is 2.41 bits per heavy atom. The zero-order valence-corrected chi connectivity index (χ0v) is 19.0. The number of amides is 1. The fourth-order valence-electron chi connectivity index (χ4n) is 3.61. The lowest BCUT2D eigenvalue weighted by Gasteiger charge is -2.37. The van der Waals surface area contributed by atoms with Crippen LogP contribution in [0.4, 0.5) is 0 Å². The Morgan fingerprint density at radius 1 is 1.22 bits per heavy atom. The van der Waals surface area contributed by atoms with Crippen molar-refractivity contribution in [1.29, 1.82) is 0 Å². The van der Waals surface area contributed by atoms with E-state index < -0.39 is 5.97 Å². The summed E-state index contributed by atoms with van der Waals surface area (Å²) in [5.41, 5.74) is 0.759. The van der Waals surface area contributed by atoms with Crippen molar-refractivity contribution in [3.8, 4) is 0 Å². The second-order valence-electron chi connectivity index (χ2n) is 7.85. The number of carbonyl (C=O) groups is 3. The van der Waals surface area contributed by atoms with E-state index in [1.807, 2.05) is 11.8 Å². The van der Waals surface area contributed by atoms with Gasteiger partial charge in [0.2, 0.25) is 5.91 Å². The van der Waals surface area contributed by atoms with Crippen LogP contribution in [0.2, 0.25) is 0 Å². The molecule has 1 heterocycles. The largest absolute Gasteiger partial charge is 0.465 e. The van der Waals surface area contributed by atoms with E-state index in [-0.39, 0.29) is 27.8 Å². The molecule has 0 aromatic heterocycles. The van der Waals surface area contributed by atoms with Gasteiger partial charge in [0.15, 0.2) is 0 Å². The van der Waals surface area contributed by atoms with Crippen LogP contribution in [0.1, 0.15) is 65.7 Å². The number of methoxy groups -OCH3 is 1. The van der Waals surface area contributed by atoms with E-state index in [4.69, 9.17) is 4.74 Å². The minimum absolute atomic E-state index is 0.0234. The number of esters is 1. The lowest BCUT2D eigenvalue weighted by Crippen LogP contribution is -2.44. The van der Waals surface area contributed by atoms with Crippen molar-refractivity contribution in [2.75, 3.05) is 7.11 Å². The molecule has 2 atom stereocenters. The van der Waals surface area contributed by atoms with Crippen LogP contribution in [0.5, 0.6) is 0 Å². The molecule has 0 aromatic rings. The Hall–Kier alpha value is -0.820. The summed E-state index contributed by atoms with van der Waals surface area (Å²) >= 11 is 4.98. The van der Waals surface area contributed by atoms with Gasteiger partial charge in [-0.25, -0.2) is 4.79 Å². The molecule has 2 unspecified atom stereocenters. The number of halogens is 1. The van der Waals surface area contributed by atoms with E-state index in [9.17, 15) is 14.4 Å². The number of allylic oxidation sites excluding steroid dienone is 1. The SMILES string of the molecule is COC(=O)C1=C(N(C(=O)C(C)CCC(C)C)C2CCC(=O)CC2)CC(Br)S1. The normalized spacial score (nSPS) is 22.3. The summed E-state index contributed by atoms with van der Waals surface area (Å²) < 4.78 is 5.01. The van der Waals surface area contributed by atoms with Gasteiger partial charge >= 0.3 is 5.97 Å². The first-order valence-corrected chi connectivity index (χ1v) is 11.5. The standard InChI is InChI=1S/C20H30BrNO4S/c1-12(2)5-6-13(3)19(24)22(14-7-9-15(23)10-8-14)16-11-17(21)27-18(16)20(25)26-4/h12-14,17H,5-11H2,1-4H3. The van der Waals surface area contributed by atoms with Crippen molar-refractivity contribution in [3.63, 3.8) is 0 Å². The van der Waals surface area contributed by atoms with Crippen molar-refractivity contribution < 1.29 is 19.1 Å². The predicted octanol–water partition coefficient (Wildman–Crippen LogP) is 4.64. The highest BCUT2D eigenvalue weighted by molar-refractivity contribution is 9.11. The van der Waals surface area contributed by atoms with Crippen LogP contribution in [0, 0.1) is 11.8 Å². The first kappa shape index (κ1) is 22.5. The molecule has 152 valence electrons. The fraction of sp³-hybridized carbons (Fsp3) is 0.750. The third-order valence-electron chi connectivity index (χ3n) is 5.24. The van der Waals surface area contributed by atoms with E-state index in [1.54, 1.807) is 0 Å². The third-order valence-corrected chi connectivity index (χ3v) is 7.18. The molecule has 0 N–H and O–H groups in total. The Bertz CT molecular complexity index is 609. The molecule has 0 saturated heterocycles. The fourth-order valence-corrected chi connectivity index (χ4v) is 5.47. The summed E-state index contributed by atoms with van der Waals surface area (Å²) in [6, 6.07) is -0.0234. The van der Waals surface area contributed by atoms with Gasteiger partial charge in [-0.2, -0.15) is 0 Å². The molecule has 5 nitrogen and oxygen atoms in total. The van der Waals surface area contributed by atoms with Gasteiger partial charge in [-0.15, -0.1) is 11.8 Å². The molecule has 2 rings (SSSR count). The maximum absolute atomic E-state index is 13.4. The Labute approximate surface area is 174 Å². The number of ketones is 1. The van der Waals surface area contributed by atoms with Crippen LogP contribution >= 0.6 is 27.7 Å². The summed E-state index contributed by atoms with van der Waals surface area (Å²) in [6.45, 7) is 6.28. The molecule has 1 aliphatic heterocycles. The molecule has 1 saturated carbocycles. The molecule has 0 spiro atoms. The third kappa shape index (κ3) is 5.83. The monoisotopic (exact) mass is 459 g/mol. The van der Waals surface area contributed by atoms with Crippen molar-refractivity contribution in [2.45, 2.75) is 75.9 Å². The highest BCUT2D eigenvalue weighted by Crippen LogP contribution is 2.45. The second kappa shape index (κ2) is 10.1. The van der Waals surface area contributed by atoms with Crippen molar-refractivity contribution in [2.24, 2.45) is 11.8 Å². The number of hydrogen-bond acceptors (Lipinski definition) is 5. The van der Waals surface area contributed by atoms with E-state index in [2.05, 4.69) is 29.8 Å². The molecule has 0 aromatic carbocycles. The first-order chi connectivity index (χ1) is 12.7. The molecule has 0 bridgehead atoms. The minimum atomic E-state index is -0.392. The summed E-state index contributed by atoms with van der Waals surface area (Å²) in [5.74, 6) is 0.355. The van der Waals surface area contributed by atoms with Gasteiger partial charge < -0.3 is 9.64 Å². The number of nitrogens with zero attached hydrogens (tertiary/aromatic N) is 1. The van der Waals surface area contributed by atoms with Crippen molar-refractivity contribution >= 4 is 45.4 Å². The van der Waals surface area contributed by atoms with Gasteiger partial charge in [-0.1, -0.05) is 43.1 Å². The van der Waals surface area contributed by atoms with E-state index in [0.717, 1.165) is 18.5 Å². The van der Waals surface area contributed by atoms with Crippen LogP contribution in [-0.4, -0.2) is 39.9 Å². The van der Waals surface area contributed by atoms with Crippen molar-refractivity contribution in [3.05, 3.63) is 10.6 Å². The number of ether oxygens (including phenoxy) is 1. The maximum Gasteiger partial charge on any atom is 0.346 e. The Balaban J connectivity index is 2.33. The minimum Gasteiger partial charge on any atom is -0.465 e. The number of carbonyl (C=O) groups excluding carboxylic acids is 3. The number of hydrogen-bond donors (Lipinski definition) is 0. The summed E-state index contributed by atoms with van der Waals surface area (Å²) in [4.78, 5) is 39.8. The zero-order valence-electron chi connectivity index (χ0n) is 16.6. The van der Waals surface area contributed by atoms with Crippen molar-refractivity contribution in [1.82, 2.24) is 4.90 Å². The average Bonchev–Trinajstić information content (AvgIpc) is 3.01. The second-order valence-corrected chi connectivity index (χ2v) is 10.8. The summed E-state index contributed by atoms with van der Waals surface area (Å²) in [5, 5.41) is 0. The van der Waals surface area contributed by atoms with Crippen LogP contribution < -0.4 is 0 Å². The van der Waals surface area contributed by atoms with Gasteiger partial charge in [0.25, 0.3) is 0 Å². The van der Waals surface area contributed by atoms with Crippen LogP contribution in [-0.2, 0) is 19.1 Å². The van der Waals surface area contributed by atoms with Crippen LogP contribution in [0.25, 0.3) is 0 Å². The topological polar surface area (TPSA) is 63.7 Å². The number of thioether (sulfide) groups is 1. The lowest BCUT2D eigenvalue weighted by atomic mass is 9.90. The van der Waals surface area contributed by atoms with Gasteiger partial charge in [-0.3, -0.25) is 9.59 Å². The molecule has 1 fully saturated rings. The first-order valence-electron chi connectivity index (χ1n) is 9.71. The van der Waals surface area contributed by atoms with Gasteiger partial charge in [-0.05, 0) is 25.2 Å². The van der Waals surface area contributed by atoms with Crippen LogP contribution in [0.15, 0.2) is 10.6 Å². The highest BCUT2D eigenvalue weighted by Gasteiger charge is 2.39. The van der Waals surface area contributed by atoms with E-state index in [0.29, 0.717) is 42.9 Å². The predicted molar refractivity (Wildman–Crippen MR) is 111 cm³/mol. The molecule has 2 aliphatic rings. The van der Waals surface area contributed by atoms with E-state index in [1.165, 1.54) is 18.9 Å². The smallest absolute Gasteiger partial charge is 0.346 e.